The second-order valence-corrected chi connectivity index (χ2v) is 2.44. The number of rotatable bonds is 4. The Bertz CT molecular complexity index is 257. The predicted octanol–water partition coefficient (Wildman–Crippen LogP) is 0.521. The molecule has 0 bridgehead atoms. The first-order valence-corrected chi connectivity index (χ1v) is 3.65. The van der Waals surface area contributed by atoms with Gasteiger partial charge in [0.05, 0.1) is 6.61 Å². The van der Waals surface area contributed by atoms with Crippen LogP contribution in [0.4, 0.5) is 5.88 Å². The first-order valence-electron chi connectivity index (χ1n) is 3.65. The minimum absolute atomic E-state index is 0.0631. The van der Waals surface area contributed by atoms with Crippen molar-refractivity contribution < 1.29 is 14.3 Å². The Morgan fingerprint density at radius 3 is 2.92 bits per heavy atom. The minimum atomic E-state index is 0.0631. The van der Waals surface area contributed by atoms with Crippen LogP contribution in [0.3, 0.4) is 0 Å². The van der Waals surface area contributed by atoms with E-state index in [0.29, 0.717) is 24.5 Å². The van der Waals surface area contributed by atoms with Crippen molar-refractivity contribution in [2.45, 2.75) is 0 Å². The van der Waals surface area contributed by atoms with Crippen LogP contribution in [0, 0.1) is 0 Å². The van der Waals surface area contributed by atoms with Gasteiger partial charge in [-0.1, -0.05) is 0 Å². The largest absolute Gasteiger partial charge is 0.438 e. The van der Waals surface area contributed by atoms with E-state index in [1.165, 1.54) is 0 Å². The van der Waals surface area contributed by atoms with Crippen molar-refractivity contribution >= 4 is 12.2 Å². The molecule has 1 heterocycles. The van der Waals surface area contributed by atoms with Gasteiger partial charge in [-0.25, -0.2) is 0 Å². The van der Waals surface area contributed by atoms with Gasteiger partial charge in [-0.05, 0) is 6.07 Å². The molecular weight excluding hydrogens is 158 g/mol. The second-order valence-electron chi connectivity index (χ2n) is 2.44. The van der Waals surface area contributed by atoms with Gasteiger partial charge in [0.25, 0.3) is 0 Å². The topological polar surface area (TPSA) is 53.7 Å². The number of hydrogen-bond donors (Lipinski definition) is 1. The molecule has 0 saturated heterocycles. The van der Waals surface area contributed by atoms with Crippen molar-refractivity contribution in [1.29, 1.82) is 0 Å². The quantitative estimate of drug-likeness (QED) is 0.667. The Labute approximate surface area is 70.4 Å². The fourth-order valence-corrected chi connectivity index (χ4v) is 0.871. The average molecular weight is 169 g/mol. The molecule has 0 aromatic carbocycles. The van der Waals surface area contributed by atoms with Crippen LogP contribution in [0.5, 0.6) is 0 Å². The van der Waals surface area contributed by atoms with Gasteiger partial charge in [0.2, 0.25) is 0 Å². The number of hydrogen-bond acceptors (Lipinski definition) is 4. The maximum atomic E-state index is 10.2. The number of aldehydes is 1. The van der Waals surface area contributed by atoms with Gasteiger partial charge in [-0.3, -0.25) is 4.79 Å². The summed E-state index contributed by atoms with van der Waals surface area (Å²) >= 11 is 0. The lowest BCUT2D eigenvalue weighted by Gasteiger charge is -2.12. The van der Waals surface area contributed by atoms with Gasteiger partial charge in [0.1, 0.15) is 0 Å². The third-order valence-corrected chi connectivity index (χ3v) is 1.54. The van der Waals surface area contributed by atoms with Crippen LogP contribution in [0.2, 0.25) is 0 Å². The molecule has 0 saturated carbocycles. The average Bonchev–Trinajstić information content (AvgIpc) is 2.52. The normalized spacial score (nSPS) is 9.83. The summed E-state index contributed by atoms with van der Waals surface area (Å²) in [5.41, 5.74) is 0. The van der Waals surface area contributed by atoms with Gasteiger partial charge in [0.15, 0.2) is 17.9 Å². The standard InChI is InChI=1S/C8H11NO3/c1-9(4-5-10)8-3-2-7(6-11)12-8/h2-3,6,10H,4-5H2,1H3. The van der Waals surface area contributed by atoms with Crippen LogP contribution in [-0.2, 0) is 0 Å². The highest BCUT2D eigenvalue weighted by atomic mass is 16.4. The molecule has 0 spiro atoms. The SMILES string of the molecule is CN(CCO)c1ccc(C=O)o1. The van der Waals surface area contributed by atoms with Crippen molar-refractivity contribution in [2.75, 3.05) is 25.1 Å². The molecule has 12 heavy (non-hydrogen) atoms. The lowest BCUT2D eigenvalue weighted by molar-refractivity contribution is 0.110. The molecule has 0 unspecified atom stereocenters. The molecule has 0 fully saturated rings. The molecule has 4 nitrogen and oxygen atoms in total. The molecule has 0 atom stereocenters. The maximum Gasteiger partial charge on any atom is 0.196 e. The van der Waals surface area contributed by atoms with E-state index in [2.05, 4.69) is 0 Å². The summed E-state index contributed by atoms with van der Waals surface area (Å²) in [6, 6.07) is 3.29. The number of nitrogens with zero attached hydrogens (tertiary/aromatic N) is 1. The molecule has 1 aromatic rings. The van der Waals surface area contributed by atoms with Gasteiger partial charge in [-0.15, -0.1) is 0 Å². The Morgan fingerprint density at radius 1 is 1.67 bits per heavy atom. The van der Waals surface area contributed by atoms with E-state index in [4.69, 9.17) is 9.52 Å². The molecular formula is C8H11NO3. The Hall–Kier alpha value is -1.29. The van der Waals surface area contributed by atoms with E-state index in [-0.39, 0.29) is 6.61 Å². The fourth-order valence-electron chi connectivity index (χ4n) is 0.871. The summed E-state index contributed by atoms with van der Waals surface area (Å²) in [7, 11) is 1.78. The molecule has 0 amide bonds. The Morgan fingerprint density at radius 2 is 2.42 bits per heavy atom. The van der Waals surface area contributed by atoms with Crippen LogP contribution in [0.25, 0.3) is 0 Å². The van der Waals surface area contributed by atoms with Crippen LogP contribution < -0.4 is 4.90 Å². The number of carbonyl (C=O) groups is 1. The van der Waals surface area contributed by atoms with E-state index in [1.807, 2.05) is 0 Å². The zero-order chi connectivity index (χ0) is 8.97. The summed E-state index contributed by atoms with van der Waals surface area (Å²) in [5.74, 6) is 0.890. The van der Waals surface area contributed by atoms with Crippen LogP contribution >= 0.6 is 0 Å². The lowest BCUT2D eigenvalue weighted by Crippen LogP contribution is -2.20. The molecule has 66 valence electrons. The fraction of sp³-hybridized carbons (Fsp3) is 0.375. The zero-order valence-corrected chi connectivity index (χ0v) is 6.86. The molecule has 0 radical (unpaired) electrons. The van der Waals surface area contributed by atoms with Crippen molar-refractivity contribution in [1.82, 2.24) is 0 Å². The summed E-state index contributed by atoms with van der Waals surface area (Å²) in [5, 5.41) is 8.61. The minimum Gasteiger partial charge on any atom is -0.438 e. The van der Waals surface area contributed by atoms with Crippen LogP contribution in [0.15, 0.2) is 16.5 Å². The Balaban J connectivity index is 2.67. The lowest BCUT2D eigenvalue weighted by atomic mass is 10.5. The maximum absolute atomic E-state index is 10.2. The highest BCUT2D eigenvalue weighted by Gasteiger charge is 2.04. The van der Waals surface area contributed by atoms with Crippen LogP contribution in [-0.4, -0.2) is 31.6 Å². The number of furan rings is 1. The van der Waals surface area contributed by atoms with E-state index in [0.717, 1.165) is 0 Å². The van der Waals surface area contributed by atoms with E-state index in [9.17, 15) is 4.79 Å². The zero-order valence-electron chi connectivity index (χ0n) is 6.86. The molecule has 0 aliphatic carbocycles. The van der Waals surface area contributed by atoms with E-state index >= 15 is 0 Å². The number of likely N-dealkylation sites (N-methyl/N-ethyl adjacent to an activating group) is 1. The monoisotopic (exact) mass is 169 g/mol. The molecule has 1 N–H and O–H groups in total. The van der Waals surface area contributed by atoms with E-state index < -0.39 is 0 Å². The second kappa shape index (κ2) is 3.92. The molecule has 1 rings (SSSR count). The molecule has 1 aromatic heterocycles. The summed E-state index contributed by atoms with van der Waals surface area (Å²) < 4.78 is 5.09. The number of anilines is 1. The summed E-state index contributed by atoms with van der Waals surface area (Å²) in [6.07, 6.45) is 0.649. The van der Waals surface area contributed by atoms with Crippen molar-refractivity contribution in [3.63, 3.8) is 0 Å². The van der Waals surface area contributed by atoms with Gasteiger partial charge >= 0.3 is 0 Å². The van der Waals surface area contributed by atoms with Crippen LogP contribution in [0.1, 0.15) is 10.6 Å². The predicted molar refractivity (Wildman–Crippen MR) is 44.5 cm³/mol. The van der Waals surface area contributed by atoms with Gasteiger partial charge in [0, 0.05) is 19.7 Å². The third kappa shape index (κ3) is 1.85. The number of aliphatic hydroxyl groups is 1. The molecule has 0 aliphatic rings. The van der Waals surface area contributed by atoms with Crippen molar-refractivity contribution in [3.8, 4) is 0 Å². The highest BCUT2D eigenvalue weighted by molar-refractivity contribution is 5.71. The third-order valence-electron chi connectivity index (χ3n) is 1.54. The number of aliphatic hydroxyl groups excluding tert-OH is 1. The smallest absolute Gasteiger partial charge is 0.196 e. The summed E-state index contributed by atoms with van der Waals surface area (Å²) in [6.45, 7) is 0.555. The Kier molecular flexibility index (Phi) is 2.88. The first-order chi connectivity index (χ1) is 5.77. The van der Waals surface area contributed by atoms with Gasteiger partial charge < -0.3 is 14.4 Å². The van der Waals surface area contributed by atoms with E-state index in [1.54, 1.807) is 24.1 Å². The number of carbonyl (C=O) groups excluding carboxylic acids is 1. The first kappa shape index (κ1) is 8.80. The highest BCUT2D eigenvalue weighted by Crippen LogP contribution is 2.15. The molecule has 0 aliphatic heterocycles. The molecule has 4 heteroatoms. The summed E-state index contributed by atoms with van der Waals surface area (Å²) in [4.78, 5) is 12.0. The van der Waals surface area contributed by atoms with Crippen molar-refractivity contribution in [2.24, 2.45) is 0 Å². The van der Waals surface area contributed by atoms with Gasteiger partial charge in [-0.2, -0.15) is 0 Å². The van der Waals surface area contributed by atoms with Crippen molar-refractivity contribution in [3.05, 3.63) is 17.9 Å².